The first kappa shape index (κ1) is 18.6. The standard InChI is InChI=1S/C13H25N5O3S/c1-8-11(10(3)18(6)16-8)22(20,21)17-9(2)12(19)15-13(4,5)7-14/h9,17H,7,14H2,1-6H3,(H,15,19). The largest absolute Gasteiger partial charge is 0.349 e. The molecule has 1 aromatic heterocycles. The predicted molar refractivity (Wildman–Crippen MR) is 83.7 cm³/mol. The quantitative estimate of drug-likeness (QED) is 0.653. The predicted octanol–water partition coefficient (Wildman–Crippen LogP) is -0.443. The zero-order valence-electron chi connectivity index (χ0n) is 13.9. The van der Waals surface area contributed by atoms with Gasteiger partial charge in [-0.1, -0.05) is 0 Å². The number of hydrogen-bond acceptors (Lipinski definition) is 5. The summed E-state index contributed by atoms with van der Waals surface area (Å²) in [6.07, 6.45) is 0. The van der Waals surface area contributed by atoms with Crippen LogP contribution in [0.3, 0.4) is 0 Å². The van der Waals surface area contributed by atoms with Crippen LogP contribution >= 0.6 is 0 Å². The molecule has 0 aliphatic carbocycles. The molecule has 0 fully saturated rings. The van der Waals surface area contributed by atoms with E-state index < -0.39 is 27.5 Å². The summed E-state index contributed by atoms with van der Waals surface area (Å²) < 4.78 is 28.8. The van der Waals surface area contributed by atoms with Gasteiger partial charge in [-0.3, -0.25) is 9.48 Å². The molecule has 0 spiro atoms. The van der Waals surface area contributed by atoms with Gasteiger partial charge in [0.25, 0.3) is 0 Å². The summed E-state index contributed by atoms with van der Waals surface area (Å²) in [5.74, 6) is -0.432. The highest BCUT2D eigenvalue weighted by molar-refractivity contribution is 7.89. The number of sulfonamides is 1. The summed E-state index contributed by atoms with van der Waals surface area (Å²) in [4.78, 5) is 12.2. The molecule has 1 unspecified atom stereocenters. The maximum atomic E-state index is 12.5. The molecule has 126 valence electrons. The molecular formula is C13H25N5O3S. The van der Waals surface area contributed by atoms with Crippen molar-refractivity contribution >= 4 is 15.9 Å². The molecule has 0 saturated heterocycles. The van der Waals surface area contributed by atoms with E-state index in [1.165, 1.54) is 11.6 Å². The molecule has 0 aliphatic rings. The summed E-state index contributed by atoms with van der Waals surface area (Å²) in [7, 11) is -2.16. The van der Waals surface area contributed by atoms with E-state index >= 15 is 0 Å². The number of amides is 1. The Morgan fingerprint density at radius 1 is 1.41 bits per heavy atom. The highest BCUT2D eigenvalue weighted by atomic mass is 32.2. The van der Waals surface area contributed by atoms with Crippen molar-refractivity contribution in [1.82, 2.24) is 19.8 Å². The molecule has 1 aromatic rings. The third kappa shape index (κ3) is 4.05. The fraction of sp³-hybridized carbons (Fsp3) is 0.692. The van der Waals surface area contributed by atoms with Crippen LogP contribution in [0.15, 0.2) is 4.90 Å². The smallest absolute Gasteiger partial charge is 0.244 e. The van der Waals surface area contributed by atoms with E-state index in [-0.39, 0.29) is 11.4 Å². The zero-order chi connectivity index (χ0) is 17.3. The fourth-order valence-corrected chi connectivity index (χ4v) is 3.62. The van der Waals surface area contributed by atoms with Gasteiger partial charge in [0.2, 0.25) is 15.9 Å². The van der Waals surface area contributed by atoms with E-state index in [1.807, 2.05) is 0 Å². The Balaban J connectivity index is 2.95. The first-order valence-corrected chi connectivity index (χ1v) is 8.44. The number of nitrogens with zero attached hydrogens (tertiary/aromatic N) is 2. The second-order valence-corrected chi connectivity index (χ2v) is 7.69. The Morgan fingerprint density at radius 2 is 1.95 bits per heavy atom. The molecule has 22 heavy (non-hydrogen) atoms. The Kier molecular flexibility index (Phi) is 5.37. The number of rotatable bonds is 6. The van der Waals surface area contributed by atoms with Crippen molar-refractivity contribution in [2.75, 3.05) is 6.54 Å². The summed E-state index contributed by atoms with van der Waals surface area (Å²) in [6, 6.07) is -0.921. The number of carbonyl (C=O) groups excluding carboxylic acids is 1. The van der Waals surface area contributed by atoms with Crippen molar-refractivity contribution in [2.24, 2.45) is 12.8 Å². The van der Waals surface area contributed by atoms with E-state index in [9.17, 15) is 13.2 Å². The maximum Gasteiger partial charge on any atom is 0.244 e. The fourth-order valence-electron chi connectivity index (χ4n) is 1.98. The Labute approximate surface area is 131 Å². The van der Waals surface area contributed by atoms with Crippen LogP contribution in [-0.2, 0) is 21.9 Å². The number of nitrogens with two attached hydrogens (primary N) is 1. The van der Waals surface area contributed by atoms with Crippen LogP contribution < -0.4 is 15.8 Å². The Hall–Kier alpha value is -1.45. The van der Waals surface area contributed by atoms with Crippen molar-refractivity contribution in [3.8, 4) is 0 Å². The highest BCUT2D eigenvalue weighted by Crippen LogP contribution is 2.18. The van der Waals surface area contributed by atoms with Crippen LogP contribution in [-0.4, -0.2) is 42.2 Å². The minimum Gasteiger partial charge on any atom is -0.349 e. The van der Waals surface area contributed by atoms with Crippen molar-refractivity contribution in [1.29, 1.82) is 0 Å². The average Bonchev–Trinajstić information content (AvgIpc) is 2.62. The zero-order valence-corrected chi connectivity index (χ0v) is 14.7. The lowest BCUT2D eigenvalue weighted by atomic mass is 10.1. The molecular weight excluding hydrogens is 306 g/mol. The molecule has 0 aliphatic heterocycles. The molecule has 9 heteroatoms. The van der Waals surface area contributed by atoms with Gasteiger partial charge < -0.3 is 11.1 Å². The molecule has 0 aromatic carbocycles. The first-order valence-electron chi connectivity index (χ1n) is 6.96. The number of hydrogen-bond donors (Lipinski definition) is 3. The van der Waals surface area contributed by atoms with Gasteiger partial charge >= 0.3 is 0 Å². The van der Waals surface area contributed by atoms with Gasteiger partial charge in [0.15, 0.2) is 0 Å². The summed E-state index contributed by atoms with van der Waals surface area (Å²) >= 11 is 0. The molecule has 0 saturated carbocycles. The van der Waals surface area contributed by atoms with Gasteiger partial charge in [-0.2, -0.15) is 9.82 Å². The first-order chi connectivity index (χ1) is 9.91. The number of nitrogens with one attached hydrogen (secondary N) is 2. The van der Waals surface area contributed by atoms with Crippen LogP contribution in [0.4, 0.5) is 0 Å². The Bertz CT molecular complexity index is 663. The SMILES string of the molecule is Cc1nn(C)c(C)c1S(=O)(=O)NC(C)C(=O)NC(C)(C)CN. The second kappa shape index (κ2) is 6.35. The molecule has 1 amide bonds. The van der Waals surface area contributed by atoms with Crippen LogP contribution in [0.5, 0.6) is 0 Å². The van der Waals surface area contributed by atoms with Gasteiger partial charge in [0, 0.05) is 19.1 Å². The van der Waals surface area contributed by atoms with Crippen LogP contribution in [0.1, 0.15) is 32.2 Å². The van der Waals surface area contributed by atoms with Crippen molar-refractivity contribution < 1.29 is 13.2 Å². The van der Waals surface area contributed by atoms with E-state index in [0.29, 0.717) is 11.4 Å². The van der Waals surface area contributed by atoms with E-state index in [0.717, 1.165) is 0 Å². The molecule has 0 radical (unpaired) electrons. The minimum atomic E-state index is -3.83. The number of aromatic nitrogens is 2. The van der Waals surface area contributed by atoms with Crippen molar-refractivity contribution in [3.63, 3.8) is 0 Å². The van der Waals surface area contributed by atoms with Crippen LogP contribution in [0.2, 0.25) is 0 Å². The molecule has 8 nitrogen and oxygen atoms in total. The van der Waals surface area contributed by atoms with Gasteiger partial charge in [0.1, 0.15) is 4.90 Å². The lowest BCUT2D eigenvalue weighted by Gasteiger charge is -2.26. The molecule has 4 N–H and O–H groups in total. The minimum absolute atomic E-state index is 0.104. The van der Waals surface area contributed by atoms with Crippen LogP contribution in [0.25, 0.3) is 0 Å². The van der Waals surface area contributed by atoms with Crippen molar-refractivity contribution in [3.05, 3.63) is 11.4 Å². The molecule has 1 rings (SSSR count). The van der Waals surface area contributed by atoms with Gasteiger partial charge in [0.05, 0.1) is 17.4 Å². The summed E-state index contributed by atoms with van der Waals surface area (Å²) in [6.45, 7) is 8.54. The van der Waals surface area contributed by atoms with Crippen LogP contribution in [0, 0.1) is 13.8 Å². The third-order valence-corrected chi connectivity index (χ3v) is 5.20. The topological polar surface area (TPSA) is 119 Å². The van der Waals surface area contributed by atoms with Gasteiger partial charge in [-0.05, 0) is 34.6 Å². The van der Waals surface area contributed by atoms with E-state index in [1.54, 1.807) is 34.7 Å². The van der Waals surface area contributed by atoms with Gasteiger partial charge in [-0.15, -0.1) is 0 Å². The third-order valence-electron chi connectivity index (χ3n) is 3.41. The lowest BCUT2D eigenvalue weighted by Crippen LogP contribution is -2.55. The molecule has 0 bridgehead atoms. The van der Waals surface area contributed by atoms with E-state index in [2.05, 4.69) is 15.1 Å². The average molecular weight is 331 g/mol. The van der Waals surface area contributed by atoms with Gasteiger partial charge in [-0.25, -0.2) is 8.42 Å². The maximum absolute atomic E-state index is 12.5. The monoisotopic (exact) mass is 331 g/mol. The lowest BCUT2D eigenvalue weighted by molar-refractivity contribution is -0.123. The summed E-state index contributed by atoms with van der Waals surface area (Å²) in [5, 5.41) is 6.78. The number of carbonyl (C=O) groups is 1. The van der Waals surface area contributed by atoms with E-state index in [4.69, 9.17) is 5.73 Å². The number of aryl methyl sites for hydroxylation is 2. The second-order valence-electron chi connectivity index (χ2n) is 6.04. The Morgan fingerprint density at radius 3 is 2.36 bits per heavy atom. The van der Waals surface area contributed by atoms with Crippen molar-refractivity contribution in [2.45, 2.75) is 51.1 Å². The normalized spacial score (nSPS) is 14.0. The summed E-state index contributed by atoms with van der Waals surface area (Å²) in [5.41, 5.74) is 5.86. The molecule has 1 heterocycles. The highest BCUT2D eigenvalue weighted by Gasteiger charge is 2.29. The molecule has 1 atom stereocenters.